The van der Waals surface area contributed by atoms with Crippen molar-refractivity contribution in [2.75, 3.05) is 13.1 Å². The summed E-state index contributed by atoms with van der Waals surface area (Å²) in [5.74, 6) is 5.55. The van der Waals surface area contributed by atoms with Crippen LogP contribution in [0.5, 0.6) is 5.75 Å². The monoisotopic (exact) mass is 224 g/mol. The predicted octanol–water partition coefficient (Wildman–Crippen LogP) is 2.04. The molecular formula is C15H14NO+. The number of phenolic OH excluding ortho intramolecular Hbond substituents is 1. The molecule has 0 saturated carbocycles. The molecule has 0 atom stereocenters. The van der Waals surface area contributed by atoms with Gasteiger partial charge < -0.3 is 5.11 Å². The first kappa shape index (κ1) is 11.3. The van der Waals surface area contributed by atoms with Gasteiger partial charge in [0.15, 0.2) is 11.4 Å². The van der Waals surface area contributed by atoms with Crippen LogP contribution in [0.3, 0.4) is 0 Å². The van der Waals surface area contributed by atoms with E-state index in [2.05, 4.69) is 17.9 Å². The first-order valence-electron chi connectivity index (χ1n) is 5.46. The van der Waals surface area contributed by atoms with Gasteiger partial charge in [-0.15, -0.1) is 12.8 Å². The third kappa shape index (κ3) is 1.80. The standard InChI is InChI=1S/C15H13NO/c1-3-10-16(11-4-2)12-6-8-13-7-5-9-14(17)15(13)16/h1-2,5-7,9,12H,8,10-11H2/p+1. The van der Waals surface area contributed by atoms with E-state index in [-0.39, 0.29) is 5.75 Å². The summed E-state index contributed by atoms with van der Waals surface area (Å²) in [6.07, 6.45) is 15.7. The van der Waals surface area contributed by atoms with Crippen LogP contribution in [0.25, 0.3) is 0 Å². The van der Waals surface area contributed by atoms with Gasteiger partial charge >= 0.3 is 0 Å². The SMILES string of the molecule is C#CC[N+]1(CC#C)C=CCc2cccc(O)c21. The van der Waals surface area contributed by atoms with Crippen molar-refractivity contribution in [2.45, 2.75) is 6.42 Å². The molecule has 0 saturated heterocycles. The van der Waals surface area contributed by atoms with Crippen molar-refractivity contribution in [3.8, 4) is 30.4 Å². The molecule has 0 unspecified atom stereocenters. The van der Waals surface area contributed by atoms with Crippen LogP contribution in [0.2, 0.25) is 0 Å². The minimum atomic E-state index is 0.261. The number of benzene rings is 1. The van der Waals surface area contributed by atoms with Crippen molar-refractivity contribution in [1.82, 2.24) is 4.48 Å². The highest BCUT2D eigenvalue weighted by Crippen LogP contribution is 2.39. The van der Waals surface area contributed by atoms with Gasteiger partial charge in [0, 0.05) is 12.0 Å². The molecule has 1 aromatic rings. The zero-order valence-corrected chi connectivity index (χ0v) is 9.56. The molecule has 0 aliphatic carbocycles. The summed E-state index contributed by atoms with van der Waals surface area (Å²) in [7, 11) is 0. The van der Waals surface area contributed by atoms with Crippen LogP contribution in [-0.2, 0) is 6.42 Å². The first-order valence-corrected chi connectivity index (χ1v) is 5.46. The third-order valence-corrected chi connectivity index (χ3v) is 3.02. The van der Waals surface area contributed by atoms with Gasteiger partial charge in [0.25, 0.3) is 0 Å². The average Bonchev–Trinajstić information content (AvgIpc) is 2.30. The number of terminal acetylenes is 2. The Labute approximate surface area is 102 Å². The molecule has 2 rings (SSSR count). The van der Waals surface area contributed by atoms with Gasteiger partial charge in [-0.2, -0.15) is 0 Å². The maximum atomic E-state index is 10.1. The van der Waals surface area contributed by atoms with Crippen molar-refractivity contribution >= 4 is 5.69 Å². The molecule has 0 amide bonds. The van der Waals surface area contributed by atoms with Crippen LogP contribution in [-0.4, -0.2) is 18.2 Å². The molecule has 1 aliphatic rings. The van der Waals surface area contributed by atoms with E-state index in [4.69, 9.17) is 12.8 Å². The lowest BCUT2D eigenvalue weighted by Crippen LogP contribution is -2.46. The van der Waals surface area contributed by atoms with Gasteiger partial charge in [-0.1, -0.05) is 12.1 Å². The number of aromatic hydroxyl groups is 1. The largest absolute Gasteiger partial charge is 0.503 e. The molecule has 2 heteroatoms. The number of hydrogen-bond acceptors (Lipinski definition) is 1. The molecule has 0 fully saturated rings. The molecule has 2 nitrogen and oxygen atoms in total. The number of rotatable bonds is 2. The Bertz CT molecular complexity index is 527. The average molecular weight is 224 g/mol. The quantitative estimate of drug-likeness (QED) is 0.602. The summed E-state index contributed by atoms with van der Waals surface area (Å²) in [6, 6.07) is 5.52. The Hall–Kier alpha value is -2.16. The maximum Gasteiger partial charge on any atom is 0.184 e. The molecule has 17 heavy (non-hydrogen) atoms. The van der Waals surface area contributed by atoms with Gasteiger partial charge in [0.05, 0.1) is 6.20 Å². The maximum absolute atomic E-state index is 10.1. The molecular weight excluding hydrogens is 210 g/mol. The summed E-state index contributed by atoms with van der Waals surface area (Å²) in [6.45, 7) is 0.899. The van der Waals surface area contributed by atoms with E-state index < -0.39 is 0 Å². The molecule has 1 heterocycles. The van der Waals surface area contributed by atoms with Gasteiger partial charge in [-0.05, 0) is 24.0 Å². The Balaban J connectivity index is 2.63. The lowest BCUT2D eigenvalue weighted by atomic mass is 10.0. The first-order chi connectivity index (χ1) is 8.23. The van der Waals surface area contributed by atoms with Gasteiger partial charge in [-0.25, -0.2) is 4.48 Å². The number of hydrogen-bond donors (Lipinski definition) is 1. The molecule has 0 bridgehead atoms. The number of phenols is 1. The lowest BCUT2D eigenvalue weighted by Gasteiger charge is -2.34. The van der Waals surface area contributed by atoms with Crippen molar-refractivity contribution in [1.29, 1.82) is 0 Å². The normalized spacial score (nSPS) is 15.6. The highest BCUT2D eigenvalue weighted by Gasteiger charge is 2.34. The third-order valence-electron chi connectivity index (χ3n) is 3.02. The van der Waals surface area contributed by atoms with E-state index in [0.717, 1.165) is 17.7 Å². The van der Waals surface area contributed by atoms with Crippen molar-refractivity contribution in [3.63, 3.8) is 0 Å². The molecule has 84 valence electrons. The number of nitrogens with zero attached hydrogens (tertiary/aromatic N) is 1. The summed E-state index contributed by atoms with van der Waals surface area (Å²) >= 11 is 0. The van der Waals surface area contributed by atoms with Gasteiger partial charge in [0.2, 0.25) is 0 Å². The molecule has 0 spiro atoms. The van der Waals surface area contributed by atoms with Crippen molar-refractivity contribution in [2.24, 2.45) is 0 Å². The molecule has 1 aliphatic heterocycles. The van der Waals surface area contributed by atoms with Crippen LogP contribution in [0.4, 0.5) is 5.69 Å². The van der Waals surface area contributed by atoms with E-state index >= 15 is 0 Å². The molecule has 0 aromatic heterocycles. The van der Waals surface area contributed by atoms with E-state index in [1.54, 1.807) is 6.07 Å². The number of fused-ring (bicyclic) bond motifs is 1. The fourth-order valence-corrected chi connectivity index (χ4v) is 2.36. The van der Waals surface area contributed by atoms with Crippen molar-refractivity contribution < 1.29 is 5.11 Å². The molecule has 0 radical (unpaired) electrons. The van der Waals surface area contributed by atoms with E-state index in [9.17, 15) is 5.11 Å². The fraction of sp³-hybridized carbons (Fsp3) is 0.200. The molecule has 1 aromatic carbocycles. The number of para-hydroxylation sites is 1. The Kier molecular flexibility index (Phi) is 2.91. The number of allylic oxidation sites excluding steroid dienone is 1. The lowest BCUT2D eigenvalue weighted by molar-refractivity contribution is 0.407. The summed E-state index contributed by atoms with van der Waals surface area (Å²) in [5.41, 5.74) is 1.92. The summed E-state index contributed by atoms with van der Waals surface area (Å²) in [4.78, 5) is 0. The topological polar surface area (TPSA) is 20.2 Å². The van der Waals surface area contributed by atoms with Crippen LogP contribution in [0.15, 0.2) is 30.5 Å². The Morgan fingerprint density at radius 3 is 2.59 bits per heavy atom. The Morgan fingerprint density at radius 2 is 1.94 bits per heavy atom. The second-order valence-electron chi connectivity index (χ2n) is 4.13. The molecule has 1 N–H and O–H groups in total. The van der Waals surface area contributed by atoms with Crippen LogP contribution in [0, 0.1) is 24.7 Å². The predicted molar refractivity (Wildman–Crippen MR) is 70.1 cm³/mol. The summed E-state index contributed by atoms with van der Waals surface area (Å²) < 4.78 is 0.342. The fourth-order valence-electron chi connectivity index (χ4n) is 2.36. The van der Waals surface area contributed by atoms with Gasteiger partial charge in [0.1, 0.15) is 13.1 Å². The van der Waals surface area contributed by atoms with Crippen LogP contribution < -0.4 is 4.48 Å². The zero-order chi connectivity index (χ0) is 12.3. The number of quaternary nitrogens is 1. The second-order valence-corrected chi connectivity index (χ2v) is 4.13. The van der Waals surface area contributed by atoms with Crippen molar-refractivity contribution in [3.05, 3.63) is 36.0 Å². The minimum absolute atomic E-state index is 0.261. The highest BCUT2D eigenvalue weighted by molar-refractivity contribution is 5.65. The smallest absolute Gasteiger partial charge is 0.184 e. The van der Waals surface area contributed by atoms with Gasteiger partial charge in [-0.3, -0.25) is 0 Å². The van der Waals surface area contributed by atoms with E-state index in [1.807, 2.05) is 18.3 Å². The van der Waals surface area contributed by atoms with Crippen LogP contribution in [0.1, 0.15) is 5.56 Å². The van der Waals surface area contributed by atoms with E-state index in [0.29, 0.717) is 17.6 Å². The van der Waals surface area contributed by atoms with E-state index in [1.165, 1.54) is 0 Å². The highest BCUT2D eigenvalue weighted by atomic mass is 16.3. The summed E-state index contributed by atoms with van der Waals surface area (Å²) in [5, 5.41) is 10.1. The van der Waals surface area contributed by atoms with Crippen LogP contribution >= 0.6 is 0 Å². The Morgan fingerprint density at radius 1 is 1.24 bits per heavy atom. The minimum Gasteiger partial charge on any atom is -0.503 e. The second kappa shape index (κ2) is 4.37. The zero-order valence-electron chi connectivity index (χ0n) is 9.56.